The maximum Gasteiger partial charge on any atom is 0.230 e. The zero-order chi connectivity index (χ0) is 14.0. The summed E-state index contributed by atoms with van der Waals surface area (Å²) in [7, 11) is 0. The molecule has 0 radical (unpaired) electrons. The van der Waals surface area contributed by atoms with Gasteiger partial charge in [-0.25, -0.2) is 4.39 Å². The number of nitrogens with one attached hydrogen (secondary N) is 1. The fraction of sp³-hybridized carbons (Fsp3) is 0.562. The van der Waals surface area contributed by atoms with Crippen LogP contribution in [0.2, 0.25) is 0 Å². The van der Waals surface area contributed by atoms with Crippen molar-refractivity contribution >= 4 is 5.91 Å². The van der Waals surface area contributed by atoms with Gasteiger partial charge in [0.15, 0.2) is 0 Å². The summed E-state index contributed by atoms with van der Waals surface area (Å²) in [6.07, 6.45) is 3.89. The lowest BCUT2D eigenvalue weighted by Gasteiger charge is -2.23. The minimum Gasteiger partial charge on any atom is -0.381 e. The van der Waals surface area contributed by atoms with Gasteiger partial charge in [-0.2, -0.15) is 0 Å². The van der Waals surface area contributed by atoms with Gasteiger partial charge in [-0.05, 0) is 49.3 Å². The maximum atomic E-state index is 13.0. The molecule has 2 aliphatic rings. The maximum absolute atomic E-state index is 13.0. The Labute approximate surface area is 118 Å². The van der Waals surface area contributed by atoms with E-state index >= 15 is 0 Å². The molecule has 4 heteroatoms. The van der Waals surface area contributed by atoms with Crippen LogP contribution >= 0.6 is 0 Å². The van der Waals surface area contributed by atoms with Crippen LogP contribution in [-0.4, -0.2) is 25.7 Å². The Morgan fingerprint density at radius 2 is 2.10 bits per heavy atom. The average molecular weight is 277 g/mol. The molecule has 3 nitrogen and oxygen atoms in total. The van der Waals surface area contributed by atoms with Crippen molar-refractivity contribution in [3.8, 4) is 0 Å². The molecule has 1 amide bonds. The van der Waals surface area contributed by atoms with Crippen LogP contribution in [0.4, 0.5) is 4.39 Å². The molecule has 20 heavy (non-hydrogen) atoms. The Balaban J connectivity index is 1.60. The molecule has 1 heterocycles. The van der Waals surface area contributed by atoms with E-state index in [1.807, 2.05) is 0 Å². The van der Waals surface area contributed by atoms with Gasteiger partial charge in [-0.1, -0.05) is 12.1 Å². The van der Waals surface area contributed by atoms with Crippen molar-refractivity contribution in [2.45, 2.75) is 31.1 Å². The van der Waals surface area contributed by atoms with E-state index in [1.54, 1.807) is 12.1 Å². The summed E-state index contributed by atoms with van der Waals surface area (Å²) >= 11 is 0. The first kappa shape index (κ1) is 13.6. The van der Waals surface area contributed by atoms with E-state index in [4.69, 9.17) is 4.74 Å². The number of ether oxygens (including phenoxy) is 1. The first-order valence-corrected chi connectivity index (χ1v) is 7.33. The largest absolute Gasteiger partial charge is 0.381 e. The summed E-state index contributed by atoms with van der Waals surface area (Å²) in [5.74, 6) is 0.246. The van der Waals surface area contributed by atoms with Gasteiger partial charge in [-0.15, -0.1) is 0 Å². The van der Waals surface area contributed by atoms with Gasteiger partial charge < -0.3 is 10.1 Å². The highest BCUT2D eigenvalue weighted by atomic mass is 19.1. The van der Waals surface area contributed by atoms with Gasteiger partial charge in [0, 0.05) is 13.2 Å². The number of carbonyl (C=O) groups excluding carboxylic acids is 1. The summed E-state index contributed by atoms with van der Waals surface area (Å²) < 4.78 is 18.4. The predicted octanol–water partition coefficient (Wildman–Crippen LogP) is 2.40. The molecule has 1 aliphatic carbocycles. The van der Waals surface area contributed by atoms with Gasteiger partial charge in [0.05, 0.1) is 12.0 Å². The molecule has 1 saturated heterocycles. The third-order valence-electron chi connectivity index (χ3n) is 4.39. The normalized spacial score (nSPS) is 24.1. The van der Waals surface area contributed by atoms with Crippen LogP contribution in [-0.2, 0) is 14.9 Å². The SMILES string of the molecule is O=C(NC[C@H]1CCCOC1)C1(c2ccc(F)cc2)CC1. The van der Waals surface area contributed by atoms with Crippen LogP contribution < -0.4 is 5.32 Å². The number of halogens is 1. The van der Waals surface area contributed by atoms with Crippen LogP contribution in [0.5, 0.6) is 0 Å². The molecule has 1 N–H and O–H groups in total. The molecule has 0 spiro atoms. The van der Waals surface area contributed by atoms with Gasteiger partial charge in [0.1, 0.15) is 5.82 Å². The van der Waals surface area contributed by atoms with E-state index < -0.39 is 5.41 Å². The summed E-state index contributed by atoms with van der Waals surface area (Å²) in [5.41, 5.74) is 0.514. The van der Waals surface area contributed by atoms with E-state index in [-0.39, 0.29) is 11.7 Å². The lowest BCUT2D eigenvalue weighted by atomic mass is 9.94. The molecule has 1 aromatic rings. The molecule has 0 bridgehead atoms. The lowest BCUT2D eigenvalue weighted by Crippen LogP contribution is -2.39. The monoisotopic (exact) mass is 277 g/mol. The number of hydrogen-bond donors (Lipinski definition) is 1. The number of benzene rings is 1. The average Bonchev–Trinajstić information content (AvgIpc) is 3.28. The van der Waals surface area contributed by atoms with Crippen molar-refractivity contribution in [3.05, 3.63) is 35.6 Å². The Kier molecular flexibility index (Phi) is 3.74. The van der Waals surface area contributed by atoms with Crippen LogP contribution in [0, 0.1) is 11.7 Å². The highest BCUT2D eigenvalue weighted by Gasteiger charge is 2.51. The van der Waals surface area contributed by atoms with Crippen LogP contribution in [0.25, 0.3) is 0 Å². The summed E-state index contributed by atoms with van der Waals surface area (Å²) in [6, 6.07) is 6.31. The molecule has 3 rings (SSSR count). The van der Waals surface area contributed by atoms with Gasteiger partial charge >= 0.3 is 0 Å². The quantitative estimate of drug-likeness (QED) is 0.917. The van der Waals surface area contributed by atoms with Gasteiger partial charge in [0.25, 0.3) is 0 Å². The summed E-state index contributed by atoms with van der Waals surface area (Å²) in [4.78, 5) is 12.4. The molecule has 108 valence electrons. The van der Waals surface area contributed by atoms with E-state index in [0.717, 1.165) is 44.5 Å². The predicted molar refractivity (Wildman–Crippen MR) is 73.9 cm³/mol. The number of carbonyl (C=O) groups is 1. The van der Waals surface area contributed by atoms with Crippen molar-refractivity contribution in [1.29, 1.82) is 0 Å². The lowest BCUT2D eigenvalue weighted by molar-refractivity contribution is -0.124. The van der Waals surface area contributed by atoms with E-state index in [2.05, 4.69) is 5.32 Å². The zero-order valence-electron chi connectivity index (χ0n) is 11.5. The second-order valence-corrected chi connectivity index (χ2v) is 5.88. The number of amides is 1. The Morgan fingerprint density at radius 3 is 2.70 bits per heavy atom. The van der Waals surface area contributed by atoms with Crippen molar-refractivity contribution in [3.63, 3.8) is 0 Å². The molecule has 2 fully saturated rings. The van der Waals surface area contributed by atoms with Crippen LogP contribution in [0.3, 0.4) is 0 Å². The summed E-state index contributed by atoms with van der Waals surface area (Å²) in [6.45, 7) is 2.26. The van der Waals surface area contributed by atoms with E-state index in [0.29, 0.717) is 12.5 Å². The fourth-order valence-corrected chi connectivity index (χ4v) is 2.92. The molecule has 1 aliphatic heterocycles. The van der Waals surface area contributed by atoms with Crippen LogP contribution in [0.15, 0.2) is 24.3 Å². The first-order chi connectivity index (χ1) is 9.71. The topological polar surface area (TPSA) is 38.3 Å². The first-order valence-electron chi connectivity index (χ1n) is 7.33. The second kappa shape index (κ2) is 5.52. The Morgan fingerprint density at radius 1 is 1.35 bits per heavy atom. The Bertz CT molecular complexity index is 476. The van der Waals surface area contributed by atoms with E-state index in [1.165, 1.54) is 12.1 Å². The smallest absolute Gasteiger partial charge is 0.230 e. The molecule has 0 unspecified atom stereocenters. The van der Waals surface area contributed by atoms with Crippen molar-refractivity contribution in [1.82, 2.24) is 5.32 Å². The molecular weight excluding hydrogens is 257 g/mol. The third-order valence-corrected chi connectivity index (χ3v) is 4.39. The molecule has 1 atom stereocenters. The minimum absolute atomic E-state index is 0.0784. The van der Waals surface area contributed by atoms with E-state index in [9.17, 15) is 9.18 Å². The Hall–Kier alpha value is -1.42. The van der Waals surface area contributed by atoms with Gasteiger partial charge in [-0.3, -0.25) is 4.79 Å². The van der Waals surface area contributed by atoms with Crippen molar-refractivity contribution in [2.75, 3.05) is 19.8 Å². The van der Waals surface area contributed by atoms with Gasteiger partial charge in [0.2, 0.25) is 5.91 Å². The highest BCUT2D eigenvalue weighted by molar-refractivity contribution is 5.91. The van der Waals surface area contributed by atoms with Crippen LogP contribution in [0.1, 0.15) is 31.2 Å². The molecule has 1 aromatic carbocycles. The highest BCUT2D eigenvalue weighted by Crippen LogP contribution is 2.48. The zero-order valence-corrected chi connectivity index (χ0v) is 11.5. The number of hydrogen-bond acceptors (Lipinski definition) is 2. The minimum atomic E-state index is -0.413. The molecule has 0 aromatic heterocycles. The third kappa shape index (κ3) is 2.70. The fourth-order valence-electron chi connectivity index (χ4n) is 2.92. The molecular formula is C16H20FNO2. The standard InChI is InChI=1S/C16H20FNO2/c17-14-5-3-13(4-6-14)16(7-8-16)15(19)18-10-12-2-1-9-20-11-12/h3-6,12H,1-2,7-11H2,(H,18,19)/t12-/m1/s1. The second-order valence-electron chi connectivity index (χ2n) is 5.88. The number of rotatable bonds is 4. The summed E-state index contributed by atoms with van der Waals surface area (Å²) in [5, 5.41) is 3.06. The van der Waals surface area contributed by atoms with Crippen molar-refractivity contribution < 1.29 is 13.9 Å². The molecule has 1 saturated carbocycles. The van der Waals surface area contributed by atoms with Crippen molar-refractivity contribution in [2.24, 2.45) is 5.92 Å².